The molecule has 6 nitrogen and oxygen atoms in total. The van der Waals surface area contributed by atoms with Gasteiger partial charge in [0, 0.05) is 5.69 Å². The second-order valence-corrected chi connectivity index (χ2v) is 5.96. The van der Waals surface area contributed by atoms with Gasteiger partial charge in [0.15, 0.2) is 5.82 Å². The normalized spacial score (nSPS) is 12.0. The number of benzene rings is 2. The molecule has 128 valence electrons. The minimum absolute atomic E-state index is 0.238. The van der Waals surface area contributed by atoms with E-state index in [0.717, 1.165) is 22.4 Å². The zero-order valence-electron chi connectivity index (χ0n) is 14.0. The third-order valence-corrected chi connectivity index (χ3v) is 3.98. The summed E-state index contributed by atoms with van der Waals surface area (Å²) in [5.41, 5.74) is 3.65. The third kappa shape index (κ3) is 4.06. The van der Waals surface area contributed by atoms with Crippen LogP contribution in [0.4, 0.5) is 10.1 Å². The zero-order chi connectivity index (χ0) is 17.8. The van der Waals surface area contributed by atoms with Crippen LogP contribution in [0.15, 0.2) is 42.5 Å². The number of aromatic nitrogens is 4. The number of hydrogen-bond donors (Lipinski definition) is 2. The Hall–Kier alpha value is -3.09. The van der Waals surface area contributed by atoms with Crippen LogP contribution in [0.25, 0.3) is 0 Å². The molecule has 0 fully saturated rings. The van der Waals surface area contributed by atoms with E-state index in [9.17, 15) is 9.18 Å². The Bertz CT molecular complexity index is 862. The molecule has 2 N–H and O–H groups in total. The highest BCUT2D eigenvalue weighted by molar-refractivity contribution is 5.96. The first-order valence-electron chi connectivity index (χ1n) is 7.89. The van der Waals surface area contributed by atoms with Crippen LogP contribution in [0.3, 0.4) is 0 Å². The molecule has 0 aliphatic heterocycles. The van der Waals surface area contributed by atoms with E-state index in [4.69, 9.17) is 0 Å². The fraction of sp³-hybridized carbons (Fsp3) is 0.222. The molecule has 1 aromatic heterocycles. The van der Waals surface area contributed by atoms with Crippen molar-refractivity contribution >= 4 is 11.6 Å². The topological polar surface area (TPSA) is 83.6 Å². The molecular formula is C18H18FN5O. The quantitative estimate of drug-likeness (QED) is 0.749. The molecule has 1 atom stereocenters. The van der Waals surface area contributed by atoms with Crippen LogP contribution in [-0.2, 0) is 11.2 Å². The van der Waals surface area contributed by atoms with Crippen LogP contribution >= 0.6 is 0 Å². The van der Waals surface area contributed by atoms with Crippen LogP contribution < -0.4 is 5.32 Å². The van der Waals surface area contributed by atoms with Gasteiger partial charge in [0.1, 0.15) is 11.7 Å². The van der Waals surface area contributed by atoms with Crippen molar-refractivity contribution in [3.63, 3.8) is 0 Å². The van der Waals surface area contributed by atoms with Gasteiger partial charge in [-0.25, -0.2) is 4.39 Å². The average Bonchev–Trinajstić information content (AvgIpc) is 3.11. The summed E-state index contributed by atoms with van der Waals surface area (Å²) in [5, 5.41) is 16.7. The van der Waals surface area contributed by atoms with E-state index in [1.54, 1.807) is 12.1 Å². The molecule has 0 spiro atoms. The number of carbonyl (C=O) groups is 1. The second-order valence-electron chi connectivity index (χ2n) is 5.96. The Balaban J connectivity index is 1.83. The van der Waals surface area contributed by atoms with Crippen molar-refractivity contribution in [2.45, 2.75) is 26.2 Å². The molecule has 0 bridgehead atoms. The fourth-order valence-corrected chi connectivity index (χ4v) is 2.65. The van der Waals surface area contributed by atoms with Gasteiger partial charge in [-0.3, -0.25) is 4.79 Å². The largest absolute Gasteiger partial charge is 0.325 e. The van der Waals surface area contributed by atoms with E-state index in [1.165, 1.54) is 12.1 Å². The molecular weight excluding hydrogens is 321 g/mol. The maximum absolute atomic E-state index is 13.1. The van der Waals surface area contributed by atoms with Gasteiger partial charge in [-0.05, 0) is 49.6 Å². The standard InChI is InChI=1S/C18H18FN5O/c1-11-3-8-16(12(2)9-11)20-18(25)15(17-21-23-24-22-17)10-13-4-6-14(19)7-5-13/h3-9,15H,10H2,1-2H3,(H,20,25)(H,21,22,23,24)/t15-/m0/s1. The van der Waals surface area contributed by atoms with Gasteiger partial charge in [0.05, 0.1) is 0 Å². The van der Waals surface area contributed by atoms with Crippen molar-refractivity contribution in [3.8, 4) is 0 Å². The van der Waals surface area contributed by atoms with Crippen molar-refractivity contribution in [1.82, 2.24) is 20.6 Å². The first-order chi connectivity index (χ1) is 12.0. The summed E-state index contributed by atoms with van der Waals surface area (Å²) in [6.45, 7) is 3.93. The van der Waals surface area contributed by atoms with Crippen LogP contribution in [0.2, 0.25) is 0 Å². The molecule has 25 heavy (non-hydrogen) atoms. The Morgan fingerprint density at radius 2 is 1.96 bits per heavy atom. The highest BCUT2D eigenvalue weighted by Gasteiger charge is 2.25. The molecule has 0 saturated heterocycles. The number of aromatic amines is 1. The summed E-state index contributed by atoms with van der Waals surface area (Å²) in [7, 11) is 0. The molecule has 0 aliphatic carbocycles. The van der Waals surface area contributed by atoms with Crippen molar-refractivity contribution < 1.29 is 9.18 Å². The number of nitrogens with zero attached hydrogens (tertiary/aromatic N) is 3. The summed E-state index contributed by atoms with van der Waals surface area (Å²) < 4.78 is 13.1. The molecule has 0 saturated carbocycles. The number of halogens is 1. The number of carbonyl (C=O) groups excluding carboxylic acids is 1. The van der Waals surface area contributed by atoms with Gasteiger partial charge in [-0.2, -0.15) is 5.21 Å². The molecule has 0 aliphatic rings. The molecule has 3 aromatic rings. The molecule has 1 heterocycles. The molecule has 1 amide bonds. The van der Waals surface area contributed by atoms with Gasteiger partial charge >= 0.3 is 0 Å². The first kappa shape index (κ1) is 16.8. The molecule has 2 aromatic carbocycles. The predicted molar refractivity (Wildman–Crippen MR) is 91.6 cm³/mol. The molecule has 7 heteroatoms. The summed E-state index contributed by atoms with van der Waals surface area (Å²) in [6, 6.07) is 11.8. The van der Waals surface area contributed by atoms with Crippen LogP contribution in [0.5, 0.6) is 0 Å². The van der Waals surface area contributed by atoms with E-state index in [0.29, 0.717) is 12.2 Å². The highest BCUT2D eigenvalue weighted by atomic mass is 19.1. The Morgan fingerprint density at radius 3 is 2.60 bits per heavy atom. The van der Waals surface area contributed by atoms with Crippen molar-refractivity contribution in [2.24, 2.45) is 0 Å². The van der Waals surface area contributed by atoms with Crippen molar-refractivity contribution in [3.05, 3.63) is 70.8 Å². The van der Waals surface area contributed by atoms with Crippen LogP contribution in [0.1, 0.15) is 28.4 Å². The Kier molecular flexibility index (Phi) is 4.83. The molecule has 0 radical (unpaired) electrons. The second kappa shape index (κ2) is 7.21. The molecule has 0 unspecified atom stereocenters. The number of tetrazole rings is 1. The number of hydrogen-bond acceptors (Lipinski definition) is 4. The summed E-state index contributed by atoms with van der Waals surface area (Å²) in [5.74, 6) is -0.895. The number of H-pyrrole nitrogens is 1. The van der Waals surface area contributed by atoms with E-state index in [2.05, 4.69) is 25.9 Å². The number of nitrogens with one attached hydrogen (secondary N) is 2. The van der Waals surface area contributed by atoms with E-state index >= 15 is 0 Å². The summed E-state index contributed by atoms with van der Waals surface area (Å²) in [4.78, 5) is 12.8. The lowest BCUT2D eigenvalue weighted by atomic mass is 9.97. The Morgan fingerprint density at radius 1 is 1.20 bits per heavy atom. The average molecular weight is 339 g/mol. The van der Waals surface area contributed by atoms with Crippen LogP contribution in [0, 0.1) is 19.7 Å². The predicted octanol–water partition coefficient (Wildman–Crippen LogP) is 2.92. The van der Waals surface area contributed by atoms with Crippen molar-refractivity contribution in [2.75, 3.05) is 5.32 Å². The third-order valence-electron chi connectivity index (χ3n) is 3.98. The van der Waals surface area contributed by atoms with E-state index in [-0.39, 0.29) is 11.7 Å². The van der Waals surface area contributed by atoms with Gasteiger partial charge in [0.25, 0.3) is 0 Å². The van der Waals surface area contributed by atoms with E-state index < -0.39 is 5.92 Å². The van der Waals surface area contributed by atoms with Gasteiger partial charge in [-0.1, -0.05) is 35.0 Å². The van der Waals surface area contributed by atoms with Gasteiger partial charge < -0.3 is 5.32 Å². The lowest BCUT2D eigenvalue weighted by Crippen LogP contribution is -2.24. The fourth-order valence-electron chi connectivity index (χ4n) is 2.65. The smallest absolute Gasteiger partial charge is 0.235 e. The lowest BCUT2D eigenvalue weighted by molar-refractivity contribution is -0.117. The Labute approximate surface area is 144 Å². The molecule has 3 rings (SSSR count). The maximum Gasteiger partial charge on any atom is 0.235 e. The number of amides is 1. The first-order valence-corrected chi connectivity index (χ1v) is 7.89. The van der Waals surface area contributed by atoms with E-state index in [1.807, 2.05) is 32.0 Å². The summed E-state index contributed by atoms with van der Waals surface area (Å²) in [6.07, 6.45) is 0.344. The minimum atomic E-state index is -0.634. The highest BCUT2D eigenvalue weighted by Crippen LogP contribution is 2.22. The number of anilines is 1. The zero-order valence-corrected chi connectivity index (χ0v) is 14.0. The van der Waals surface area contributed by atoms with Crippen molar-refractivity contribution in [1.29, 1.82) is 0 Å². The van der Waals surface area contributed by atoms with Gasteiger partial charge in [-0.15, -0.1) is 10.2 Å². The monoisotopic (exact) mass is 339 g/mol. The summed E-state index contributed by atoms with van der Waals surface area (Å²) >= 11 is 0. The minimum Gasteiger partial charge on any atom is -0.325 e. The number of rotatable bonds is 5. The van der Waals surface area contributed by atoms with Gasteiger partial charge in [0.2, 0.25) is 5.91 Å². The number of aryl methyl sites for hydroxylation is 2. The SMILES string of the molecule is Cc1ccc(NC(=O)[C@@H](Cc2ccc(F)cc2)c2nn[nH]n2)c(C)c1. The lowest BCUT2D eigenvalue weighted by Gasteiger charge is -2.15. The van der Waals surface area contributed by atoms with Crippen LogP contribution in [-0.4, -0.2) is 26.5 Å². The maximum atomic E-state index is 13.1.